The fraction of sp³-hybridized carbons (Fsp3) is 0.0909. The molecule has 1 aliphatic rings. The highest BCUT2D eigenvalue weighted by molar-refractivity contribution is 7.89. The Bertz CT molecular complexity index is 1060. The number of hydrogen-bond acceptors (Lipinski definition) is 2. The molecule has 0 heterocycles. The highest BCUT2D eigenvalue weighted by atomic mass is 32.2. The SMILES string of the molecule is NS(=O)(=O)c1ccccc1C=C1c2ccccc2CCc2ccccc21. The smallest absolute Gasteiger partial charge is 0.225 e. The summed E-state index contributed by atoms with van der Waals surface area (Å²) >= 11 is 0. The van der Waals surface area contributed by atoms with Crippen molar-refractivity contribution in [2.24, 2.45) is 5.14 Å². The highest BCUT2D eigenvalue weighted by Gasteiger charge is 2.19. The standard InChI is InChI=1S/C22H19NO2S/c23-26(24,25)22-12-6-3-9-18(22)15-21-19-10-4-1-7-16(19)13-14-17-8-2-5-11-20(17)21/h1-12,15H,13-14H2,(H2,23,24,25). The minimum absolute atomic E-state index is 0.145. The molecule has 4 heteroatoms. The summed E-state index contributed by atoms with van der Waals surface area (Å²) < 4.78 is 24.0. The lowest BCUT2D eigenvalue weighted by Crippen LogP contribution is -2.13. The summed E-state index contributed by atoms with van der Waals surface area (Å²) in [5, 5.41) is 5.43. The average Bonchev–Trinajstić information content (AvgIpc) is 2.79. The summed E-state index contributed by atoms with van der Waals surface area (Å²) in [4.78, 5) is 0.145. The van der Waals surface area contributed by atoms with Crippen molar-refractivity contribution in [3.63, 3.8) is 0 Å². The summed E-state index contributed by atoms with van der Waals surface area (Å²) in [5.41, 5.74) is 6.45. The molecule has 0 radical (unpaired) electrons. The number of aryl methyl sites for hydroxylation is 2. The van der Waals surface area contributed by atoms with Crippen molar-refractivity contribution in [3.8, 4) is 0 Å². The second-order valence-electron chi connectivity index (χ2n) is 6.46. The molecule has 0 saturated carbocycles. The van der Waals surface area contributed by atoms with Crippen LogP contribution >= 0.6 is 0 Å². The summed E-state index contributed by atoms with van der Waals surface area (Å²) in [6, 6.07) is 23.5. The van der Waals surface area contributed by atoms with Crippen LogP contribution in [-0.4, -0.2) is 8.42 Å². The maximum absolute atomic E-state index is 12.0. The third kappa shape index (κ3) is 3.09. The molecule has 3 aromatic rings. The Labute approximate surface area is 153 Å². The molecule has 130 valence electrons. The van der Waals surface area contributed by atoms with Crippen LogP contribution in [0.15, 0.2) is 77.7 Å². The lowest BCUT2D eigenvalue weighted by atomic mass is 9.92. The molecule has 0 fully saturated rings. The van der Waals surface area contributed by atoms with Crippen LogP contribution in [0.2, 0.25) is 0 Å². The second kappa shape index (κ2) is 6.56. The van der Waals surface area contributed by atoms with E-state index in [1.807, 2.05) is 36.4 Å². The first-order valence-electron chi connectivity index (χ1n) is 8.54. The van der Waals surface area contributed by atoms with E-state index < -0.39 is 10.0 Å². The average molecular weight is 361 g/mol. The summed E-state index contributed by atoms with van der Waals surface area (Å²) in [5.74, 6) is 0. The van der Waals surface area contributed by atoms with Gasteiger partial charge in [0, 0.05) is 0 Å². The van der Waals surface area contributed by atoms with E-state index in [9.17, 15) is 8.42 Å². The predicted octanol–water partition coefficient (Wildman–Crippen LogP) is 4.02. The van der Waals surface area contributed by atoms with Crippen LogP contribution < -0.4 is 5.14 Å². The van der Waals surface area contributed by atoms with Gasteiger partial charge in [0.05, 0.1) is 4.90 Å². The molecule has 3 aromatic carbocycles. The summed E-state index contributed by atoms with van der Waals surface area (Å²) in [6.07, 6.45) is 3.87. The zero-order chi connectivity index (χ0) is 18.1. The molecule has 4 rings (SSSR count). The van der Waals surface area contributed by atoms with E-state index in [1.54, 1.807) is 18.2 Å². The van der Waals surface area contributed by atoms with E-state index in [1.165, 1.54) is 11.1 Å². The van der Waals surface area contributed by atoms with Crippen molar-refractivity contribution >= 4 is 21.7 Å². The Morgan fingerprint density at radius 1 is 0.731 bits per heavy atom. The van der Waals surface area contributed by atoms with Gasteiger partial charge in [-0.05, 0) is 58.4 Å². The first-order valence-corrected chi connectivity index (χ1v) is 10.1. The molecule has 0 unspecified atom stereocenters. The minimum atomic E-state index is -3.79. The molecule has 26 heavy (non-hydrogen) atoms. The van der Waals surface area contributed by atoms with Gasteiger partial charge in [-0.2, -0.15) is 0 Å². The third-order valence-corrected chi connectivity index (χ3v) is 5.79. The molecule has 0 amide bonds. The number of nitrogens with two attached hydrogens (primary N) is 1. The van der Waals surface area contributed by atoms with Crippen molar-refractivity contribution in [1.29, 1.82) is 0 Å². The maximum Gasteiger partial charge on any atom is 0.238 e. The number of sulfonamides is 1. The molecule has 0 spiro atoms. The normalized spacial score (nSPS) is 13.5. The fourth-order valence-corrected chi connectivity index (χ4v) is 4.31. The monoisotopic (exact) mass is 361 g/mol. The van der Waals surface area contributed by atoms with E-state index >= 15 is 0 Å². The summed E-state index contributed by atoms with van der Waals surface area (Å²) in [7, 11) is -3.79. The van der Waals surface area contributed by atoms with E-state index in [0.29, 0.717) is 5.56 Å². The van der Waals surface area contributed by atoms with Crippen LogP contribution in [0.25, 0.3) is 11.6 Å². The van der Waals surface area contributed by atoms with Crippen LogP contribution in [0.4, 0.5) is 0 Å². The van der Waals surface area contributed by atoms with Crippen molar-refractivity contribution < 1.29 is 8.42 Å². The topological polar surface area (TPSA) is 60.2 Å². The van der Waals surface area contributed by atoms with Gasteiger partial charge < -0.3 is 0 Å². The minimum Gasteiger partial charge on any atom is -0.225 e. The van der Waals surface area contributed by atoms with Gasteiger partial charge in [-0.25, -0.2) is 13.6 Å². The van der Waals surface area contributed by atoms with Gasteiger partial charge in [0.25, 0.3) is 0 Å². The molecule has 2 N–H and O–H groups in total. The Hall–Kier alpha value is -2.69. The molecular formula is C22H19NO2S. The quantitative estimate of drug-likeness (QED) is 0.749. The largest absolute Gasteiger partial charge is 0.238 e. The van der Waals surface area contributed by atoms with Gasteiger partial charge >= 0.3 is 0 Å². The molecule has 0 aromatic heterocycles. The van der Waals surface area contributed by atoms with Crippen LogP contribution in [0.5, 0.6) is 0 Å². The Kier molecular flexibility index (Phi) is 4.23. The zero-order valence-corrected chi connectivity index (χ0v) is 15.0. The van der Waals surface area contributed by atoms with Crippen molar-refractivity contribution in [3.05, 3.63) is 101 Å². The van der Waals surface area contributed by atoms with Gasteiger partial charge in [-0.15, -0.1) is 0 Å². The second-order valence-corrected chi connectivity index (χ2v) is 7.98. The molecule has 1 aliphatic carbocycles. The van der Waals surface area contributed by atoms with E-state index in [2.05, 4.69) is 24.3 Å². The molecule has 0 saturated heterocycles. The lowest BCUT2D eigenvalue weighted by Gasteiger charge is -2.13. The number of benzene rings is 3. The number of rotatable bonds is 2. The molecule has 3 nitrogen and oxygen atoms in total. The predicted molar refractivity (Wildman–Crippen MR) is 105 cm³/mol. The van der Waals surface area contributed by atoms with Gasteiger partial charge in [0.1, 0.15) is 0 Å². The van der Waals surface area contributed by atoms with Crippen LogP contribution in [0.1, 0.15) is 27.8 Å². The van der Waals surface area contributed by atoms with Crippen LogP contribution in [0.3, 0.4) is 0 Å². The molecule has 0 atom stereocenters. The Morgan fingerprint density at radius 3 is 1.81 bits per heavy atom. The van der Waals surface area contributed by atoms with E-state index in [0.717, 1.165) is 29.5 Å². The van der Waals surface area contributed by atoms with Crippen molar-refractivity contribution in [2.45, 2.75) is 17.7 Å². The molecule has 0 bridgehead atoms. The zero-order valence-electron chi connectivity index (χ0n) is 14.2. The summed E-state index contributed by atoms with van der Waals surface area (Å²) in [6.45, 7) is 0. The number of fused-ring (bicyclic) bond motifs is 2. The van der Waals surface area contributed by atoms with Crippen molar-refractivity contribution in [1.82, 2.24) is 0 Å². The van der Waals surface area contributed by atoms with E-state index in [-0.39, 0.29) is 4.90 Å². The van der Waals surface area contributed by atoms with Crippen molar-refractivity contribution in [2.75, 3.05) is 0 Å². The van der Waals surface area contributed by atoms with Gasteiger partial charge in [-0.1, -0.05) is 66.7 Å². The Morgan fingerprint density at radius 2 is 1.23 bits per heavy atom. The number of primary sulfonamides is 1. The maximum atomic E-state index is 12.0. The van der Waals surface area contributed by atoms with Gasteiger partial charge in [0.15, 0.2) is 0 Å². The Balaban J connectivity index is 2.02. The highest BCUT2D eigenvalue weighted by Crippen LogP contribution is 2.35. The first-order chi connectivity index (χ1) is 12.5. The molecular weight excluding hydrogens is 342 g/mol. The lowest BCUT2D eigenvalue weighted by molar-refractivity contribution is 0.597. The van der Waals surface area contributed by atoms with Gasteiger partial charge in [-0.3, -0.25) is 0 Å². The fourth-order valence-electron chi connectivity index (χ4n) is 3.59. The van der Waals surface area contributed by atoms with E-state index in [4.69, 9.17) is 5.14 Å². The number of hydrogen-bond donors (Lipinski definition) is 1. The molecule has 0 aliphatic heterocycles. The first kappa shape index (κ1) is 16.8. The van der Waals surface area contributed by atoms with Crippen LogP contribution in [0, 0.1) is 0 Å². The van der Waals surface area contributed by atoms with Crippen LogP contribution in [-0.2, 0) is 22.9 Å². The third-order valence-electron chi connectivity index (χ3n) is 4.80. The van der Waals surface area contributed by atoms with Gasteiger partial charge in [0.2, 0.25) is 10.0 Å².